The Kier molecular flexibility index (Phi) is 3.17. The highest BCUT2D eigenvalue weighted by molar-refractivity contribution is 7.10. The van der Waals surface area contributed by atoms with Crippen LogP contribution in [0.3, 0.4) is 0 Å². The van der Waals surface area contributed by atoms with Crippen molar-refractivity contribution in [3.05, 3.63) is 40.2 Å². The first-order valence-corrected chi connectivity index (χ1v) is 7.65. The molecule has 0 spiro atoms. The maximum atomic E-state index is 12.3. The van der Waals surface area contributed by atoms with E-state index in [1.54, 1.807) is 13.8 Å². The number of benzene rings is 1. The van der Waals surface area contributed by atoms with Crippen molar-refractivity contribution in [1.82, 2.24) is 10.3 Å². The van der Waals surface area contributed by atoms with Gasteiger partial charge in [-0.3, -0.25) is 9.59 Å². The van der Waals surface area contributed by atoms with Crippen LogP contribution in [0.5, 0.6) is 0 Å². The first-order valence-electron chi connectivity index (χ1n) is 6.77. The Bertz CT molecular complexity index is 733. The highest BCUT2D eigenvalue weighted by Crippen LogP contribution is 2.33. The quantitative estimate of drug-likeness (QED) is 0.868. The largest absolute Gasteiger partial charge is 0.343 e. The van der Waals surface area contributed by atoms with Gasteiger partial charge in [-0.1, -0.05) is 23.8 Å². The summed E-state index contributed by atoms with van der Waals surface area (Å²) in [7, 11) is 0. The van der Waals surface area contributed by atoms with E-state index in [1.165, 1.54) is 11.3 Å². The Balaban J connectivity index is 1.96. The maximum Gasteiger partial charge on any atom is 0.238 e. The van der Waals surface area contributed by atoms with E-state index in [4.69, 9.17) is 0 Å². The minimum absolute atomic E-state index is 0.113. The van der Waals surface area contributed by atoms with E-state index in [2.05, 4.69) is 10.3 Å². The zero-order valence-corrected chi connectivity index (χ0v) is 13.0. The molecule has 1 atom stereocenters. The van der Waals surface area contributed by atoms with Crippen LogP contribution >= 0.6 is 11.3 Å². The van der Waals surface area contributed by atoms with E-state index in [9.17, 15) is 9.59 Å². The number of Topliss-reactive ketones (excluding diaryl/α,β-unsaturated/α-hetero) is 1. The van der Waals surface area contributed by atoms with Gasteiger partial charge in [-0.15, -0.1) is 11.3 Å². The number of aryl methyl sites for hydroxylation is 1. The van der Waals surface area contributed by atoms with Crippen molar-refractivity contribution in [1.29, 1.82) is 0 Å². The molecule has 1 aliphatic heterocycles. The second-order valence-corrected chi connectivity index (χ2v) is 6.74. The van der Waals surface area contributed by atoms with Gasteiger partial charge >= 0.3 is 0 Å². The maximum absolute atomic E-state index is 12.3. The average molecular weight is 300 g/mol. The van der Waals surface area contributed by atoms with E-state index in [0.29, 0.717) is 5.01 Å². The number of carbonyl (C=O) groups excluding carboxylic acids is 2. The molecule has 2 heterocycles. The molecule has 0 radical (unpaired) electrons. The molecule has 21 heavy (non-hydrogen) atoms. The number of hydrogen-bond acceptors (Lipinski definition) is 4. The second-order valence-electron chi connectivity index (χ2n) is 5.85. The smallest absolute Gasteiger partial charge is 0.238 e. The van der Waals surface area contributed by atoms with Gasteiger partial charge in [0, 0.05) is 10.9 Å². The molecule has 0 aliphatic carbocycles. The van der Waals surface area contributed by atoms with E-state index < -0.39 is 11.5 Å². The summed E-state index contributed by atoms with van der Waals surface area (Å²) in [6.07, 6.45) is 0. The number of aromatic nitrogens is 1. The van der Waals surface area contributed by atoms with E-state index in [0.717, 1.165) is 16.8 Å². The number of hydrogen-bond donors (Lipinski definition) is 1. The fourth-order valence-corrected chi connectivity index (χ4v) is 3.43. The number of nitrogens with one attached hydrogen (secondary N) is 1. The molecular weight excluding hydrogens is 284 g/mol. The van der Waals surface area contributed by atoms with Gasteiger partial charge in [0.15, 0.2) is 11.7 Å². The lowest BCUT2D eigenvalue weighted by atomic mass is 9.95. The molecule has 0 bridgehead atoms. The normalized spacial score (nSPS) is 20.6. The first kappa shape index (κ1) is 13.9. The molecule has 5 heteroatoms. The third kappa shape index (κ3) is 2.38. The fourth-order valence-electron chi connectivity index (χ4n) is 2.50. The number of rotatable bonds is 2. The molecule has 1 amide bonds. The molecule has 1 aromatic heterocycles. The monoisotopic (exact) mass is 300 g/mol. The van der Waals surface area contributed by atoms with Gasteiger partial charge in [-0.2, -0.15) is 0 Å². The van der Waals surface area contributed by atoms with Crippen LogP contribution in [0.15, 0.2) is 29.6 Å². The third-order valence-electron chi connectivity index (χ3n) is 3.66. The zero-order chi connectivity index (χ0) is 15.2. The second kappa shape index (κ2) is 4.77. The van der Waals surface area contributed by atoms with Crippen molar-refractivity contribution >= 4 is 23.0 Å². The Hall–Kier alpha value is -2.01. The summed E-state index contributed by atoms with van der Waals surface area (Å²) in [5, 5.41) is 5.20. The molecule has 0 saturated carbocycles. The summed E-state index contributed by atoms with van der Waals surface area (Å²) < 4.78 is 0. The Morgan fingerprint density at radius 2 is 2.05 bits per heavy atom. The molecule has 1 aromatic carbocycles. The highest BCUT2D eigenvalue weighted by Gasteiger charge is 2.48. The minimum atomic E-state index is -0.809. The first-order chi connectivity index (χ1) is 9.88. The predicted octanol–water partition coefficient (Wildman–Crippen LogP) is 2.68. The predicted molar refractivity (Wildman–Crippen MR) is 82.3 cm³/mol. The molecular formula is C16H16N2O2S. The van der Waals surface area contributed by atoms with Gasteiger partial charge in [0.25, 0.3) is 0 Å². The third-order valence-corrected chi connectivity index (χ3v) is 4.57. The van der Waals surface area contributed by atoms with Gasteiger partial charge in [-0.05, 0) is 26.8 Å². The number of ketones is 1. The van der Waals surface area contributed by atoms with Gasteiger partial charge in [0.1, 0.15) is 5.01 Å². The summed E-state index contributed by atoms with van der Waals surface area (Å²) in [5.74, 6) is -1.14. The van der Waals surface area contributed by atoms with Crippen LogP contribution in [0, 0.1) is 6.92 Å². The summed E-state index contributed by atoms with van der Waals surface area (Å²) >= 11 is 1.36. The molecule has 1 fully saturated rings. The van der Waals surface area contributed by atoms with Gasteiger partial charge in [0.2, 0.25) is 5.91 Å². The molecule has 4 nitrogen and oxygen atoms in total. The van der Waals surface area contributed by atoms with Crippen LogP contribution in [-0.4, -0.2) is 22.2 Å². The van der Waals surface area contributed by atoms with Crippen LogP contribution in [-0.2, 0) is 9.59 Å². The van der Waals surface area contributed by atoms with Crippen molar-refractivity contribution in [2.75, 3.05) is 0 Å². The van der Waals surface area contributed by atoms with Crippen LogP contribution < -0.4 is 5.32 Å². The molecule has 1 unspecified atom stereocenters. The number of amides is 1. The molecule has 1 aliphatic rings. The van der Waals surface area contributed by atoms with Crippen molar-refractivity contribution < 1.29 is 9.59 Å². The van der Waals surface area contributed by atoms with Gasteiger partial charge in [-0.25, -0.2) is 4.98 Å². The SMILES string of the molecule is Cc1cccc(-c2csc(C3C(=O)NC(C)(C)C3=O)n2)c1. The van der Waals surface area contributed by atoms with E-state index in [1.807, 2.05) is 36.6 Å². The topological polar surface area (TPSA) is 59.1 Å². The van der Waals surface area contributed by atoms with Crippen molar-refractivity contribution in [3.8, 4) is 11.3 Å². The van der Waals surface area contributed by atoms with Crippen LogP contribution in [0.2, 0.25) is 0 Å². The fraction of sp³-hybridized carbons (Fsp3) is 0.312. The summed E-state index contributed by atoms with van der Waals surface area (Å²) in [4.78, 5) is 28.9. The Morgan fingerprint density at radius 3 is 2.67 bits per heavy atom. The van der Waals surface area contributed by atoms with Crippen molar-refractivity contribution in [2.24, 2.45) is 0 Å². The Morgan fingerprint density at radius 1 is 1.29 bits per heavy atom. The molecule has 1 saturated heterocycles. The van der Waals surface area contributed by atoms with E-state index in [-0.39, 0.29) is 11.7 Å². The lowest BCUT2D eigenvalue weighted by molar-refractivity contribution is -0.125. The minimum Gasteiger partial charge on any atom is -0.343 e. The van der Waals surface area contributed by atoms with Crippen LogP contribution in [0.25, 0.3) is 11.3 Å². The van der Waals surface area contributed by atoms with Crippen molar-refractivity contribution in [3.63, 3.8) is 0 Å². The average Bonchev–Trinajstić information content (AvgIpc) is 2.94. The van der Waals surface area contributed by atoms with Gasteiger partial charge in [0.05, 0.1) is 11.2 Å². The summed E-state index contributed by atoms with van der Waals surface area (Å²) in [5.41, 5.74) is 2.15. The van der Waals surface area contributed by atoms with E-state index >= 15 is 0 Å². The van der Waals surface area contributed by atoms with Gasteiger partial charge < -0.3 is 5.32 Å². The molecule has 3 rings (SSSR count). The number of carbonyl (C=O) groups is 2. The molecule has 108 valence electrons. The molecule has 2 aromatic rings. The van der Waals surface area contributed by atoms with Crippen LogP contribution in [0.4, 0.5) is 0 Å². The number of nitrogens with zero attached hydrogens (tertiary/aromatic N) is 1. The lowest BCUT2D eigenvalue weighted by Crippen LogP contribution is -2.39. The highest BCUT2D eigenvalue weighted by atomic mass is 32.1. The standard InChI is InChI=1S/C16H16N2O2S/c1-9-5-4-6-10(7-9)11-8-21-15(17-11)12-13(19)16(2,3)18-14(12)20/h4-8,12H,1-3H3,(H,18,20). The molecule has 1 N–H and O–H groups in total. The van der Waals surface area contributed by atoms with Crippen LogP contribution in [0.1, 0.15) is 30.3 Å². The lowest BCUT2D eigenvalue weighted by Gasteiger charge is -2.14. The van der Waals surface area contributed by atoms with Crippen molar-refractivity contribution in [2.45, 2.75) is 32.2 Å². The Labute approximate surface area is 127 Å². The zero-order valence-electron chi connectivity index (χ0n) is 12.1. The summed E-state index contributed by atoms with van der Waals surface area (Å²) in [6, 6.07) is 8.01. The number of thiazole rings is 1. The summed E-state index contributed by atoms with van der Waals surface area (Å²) in [6.45, 7) is 5.47.